The molecule has 5 nitrogen and oxygen atoms in total. The van der Waals surface area contributed by atoms with Gasteiger partial charge in [0.2, 0.25) is 5.91 Å². The fraction of sp³-hybridized carbons (Fsp3) is 0.562. The van der Waals surface area contributed by atoms with E-state index in [1.807, 2.05) is 12.1 Å². The minimum atomic E-state index is 0. The van der Waals surface area contributed by atoms with Crippen LogP contribution in [0.1, 0.15) is 19.3 Å². The summed E-state index contributed by atoms with van der Waals surface area (Å²) in [5.74, 6) is 1.60. The largest absolute Gasteiger partial charge is 0.497 e. The minimum absolute atomic E-state index is 0. The first kappa shape index (κ1) is 16.9. The lowest BCUT2D eigenvalue weighted by atomic mass is 9.92. The van der Waals surface area contributed by atoms with Crippen LogP contribution in [-0.4, -0.2) is 33.2 Å². The summed E-state index contributed by atoms with van der Waals surface area (Å²) in [5, 5.41) is 6.36. The van der Waals surface area contributed by atoms with Crippen LogP contribution in [0.5, 0.6) is 11.5 Å². The van der Waals surface area contributed by atoms with Gasteiger partial charge in [0, 0.05) is 12.0 Å². The number of anilines is 1. The van der Waals surface area contributed by atoms with Crippen LogP contribution in [0, 0.1) is 11.3 Å². The molecule has 0 bridgehead atoms. The minimum Gasteiger partial charge on any atom is -0.497 e. The number of carbonyl (C=O) groups excluding carboxylic acids is 1. The third-order valence-electron chi connectivity index (χ3n) is 4.77. The van der Waals surface area contributed by atoms with E-state index in [0.717, 1.165) is 32.4 Å². The van der Waals surface area contributed by atoms with Crippen LogP contribution in [0.3, 0.4) is 0 Å². The van der Waals surface area contributed by atoms with E-state index in [1.165, 1.54) is 0 Å². The van der Waals surface area contributed by atoms with E-state index in [-0.39, 0.29) is 29.6 Å². The first-order valence-electron chi connectivity index (χ1n) is 7.42. The molecule has 1 amide bonds. The maximum Gasteiger partial charge on any atom is 0.228 e. The molecule has 2 N–H and O–H groups in total. The number of benzene rings is 1. The van der Waals surface area contributed by atoms with E-state index in [9.17, 15) is 4.79 Å². The Morgan fingerprint density at radius 3 is 2.64 bits per heavy atom. The summed E-state index contributed by atoms with van der Waals surface area (Å²) in [6.07, 6.45) is 3.22. The molecule has 1 heterocycles. The van der Waals surface area contributed by atoms with Crippen molar-refractivity contribution in [2.24, 2.45) is 11.3 Å². The van der Waals surface area contributed by atoms with Gasteiger partial charge in [0.1, 0.15) is 11.5 Å². The van der Waals surface area contributed by atoms with Crippen LogP contribution in [0.2, 0.25) is 0 Å². The Bertz CT molecular complexity index is 544. The van der Waals surface area contributed by atoms with Crippen molar-refractivity contribution in [3.8, 4) is 11.5 Å². The molecule has 1 unspecified atom stereocenters. The second-order valence-corrected chi connectivity index (χ2v) is 5.92. The second-order valence-electron chi connectivity index (χ2n) is 5.92. The Morgan fingerprint density at radius 1 is 1.27 bits per heavy atom. The monoisotopic (exact) mass is 326 g/mol. The molecular formula is C16H23ClN2O3. The van der Waals surface area contributed by atoms with E-state index < -0.39 is 0 Å². The van der Waals surface area contributed by atoms with Crippen LogP contribution >= 0.6 is 12.4 Å². The SMILES string of the molecule is COc1ccc(NC(=O)C2CC23CCNCC3)c(OC)c1.Cl. The Balaban J connectivity index is 0.00000176. The van der Waals surface area contributed by atoms with Crippen molar-refractivity contribution < 1.29 is 14.3 Å². The molecule has 122 valence electrons. The Labute approximate surface area is 137 Å². The number of hydrogen-bond acceptors (Lipinski definition) is 4. The molecule has 1 aromatic rings. The molecule has 1 saturated heterocycles. The molecule has 0 aromatic heterocycles. The predicted octanol–water partition coefficient (Wildman–Crippen LogP) is 2.45. The van der Waals surface area contributed by atoms with Crippen LogP contribution in [0.4, 0.5) is 5.69 Å². The summed E-state index contributed by atoms with van der Waals surface area (Å²) in [6.45, 7) is 2.05. The Morgan fingerprint density at radius 2 is 2.00 bits per heavy atom. The normalized spacial score (nSPS) is 21.6. The predicted molar refractivity (Wildman–Crippen MR) is 88.1 cm³/mol. The van der Waals surface area contributed by atoms with Gasteiger partial charge in [0.15, 0.2) is 0 Å². The average molecular weight is 327 g/mol. The van der Waals surface area contributed by atoms with Crippen molar-refractivity contribution in [3.05, 3.63) is 18.2 Å². The van der Waals surface area contributed by atoms with Crippen LogP contribution in [0.15, 0.2) is 18.2 Å². The van der Waals surface area contributed by atoms with Crippen molar-refractivity contribution in [3.63, 3.8) is 0 Å². The van der Waals surface area contributed by atoms with Gasteiger partial charge < -0.3 is 20.1 Å². The number of methoxy groups -OCH3 is 2. The van der Waals surface area contributed by atoms with E-state index in [4.69, 9.17) is 9.47 Å². The van der Waals surface area contributed by atoms with Crippen LogP contribution < -0.4 is 20.1 Å². The Hall–Kier alpha value is -1.46. The van der Waals surface area contributed by atoms with Gasteiger partial charge in [-0.25, -0.2) is 0 Å². The van der Waals surface area contributed by atoms with Gasteiger partial charge in [0.25, 0.3) is 0 Å². The van der Waals surface area contributed by atoms with Crippen LogP contribution in [-0.2, 0) is 4.79 Å². The maximum atomic E-state index is 12.5. The molecule has 1 aromatic carbocycles. The number of rotatable bonds is 4. The highest BCUT2D eigenvalue weighted by Gasteiger charge is 2.57. The lowest BCUT2D eigenvalue weighted by Gasteiger charge is -2.23. The van der Waals surface area contributed by atoms with Gasteiger partial charge in [-0.15, -0.1) is 12.4 Å². The van der Waals surface area contributed by atoms with Crippen molar-refractivity contribution in [1.82, 2.24) is 5.32 Å². The van der Waals surface area contributed by atoms with Crippen molar-refractivity contribution >= 4 is 24.0 Å². The first-order chi connectivity index (χ1) is 10.2. The molecule has 1 saturated carbocycles. The molecule has 0 radical (unpaired) electrons. The van der Waals surface area contributed by atoms with E-state index in [1.54, 1.807) is 20.3 Å². The number of halogens is 1. The van der Waals surface area contributed by atoms with Gasteiger partial charge in [-0.3, -0.25) is 4.79 Å². The molecular weight excluding hydrogens is 304 g/mol. The van der Waals surface area contributed by atoms with Crippen molar-refractivity contribution in [2.45, 2.75) is 19.3 Å². The lowest BCUT2D eigenvalue weighted by molar-refractivity contribution is -0.118. The highest BCUT2D eigenvalue weighted by molar-refractivity contribution is 5.96. The smallest absolute Gasteiger partial charge is 0.228 e. The zero-order valence-corrected chi connectivity index (χ0v) is 13.8. The molecule has 1 aliphatic heterocycles. The number of ether oxygens (including phenoxy) is 2. The fourth-order valence-electron chi connectivity index (χ4n) is 3.32. The summed E-state index contributed by atoms with van der Waals surface area (Å²) in [6, 6.07) is 5.43. The molecule has 1 atom stereocenters. The quantitative estimate of drug-likeness (QED) is 0.892. The van der Waals surface area contributed by atoms with Gasteiger partial charge >= 0.3 is 0 Å². The molecule has 3 rings (SSSR count). The number of amides is 1. The third-order valence-corrected chi connectivity index (χ3v) is 4.77. The standard InChI is InChI=1S/C16H22N2O3.ClH/c1-20-11-3-4-13(14(9-11)21-2)18-15(19)12-10-16(12)5-7-17-8-6-16;/h3-4,9,12,17H,5-8,10H2,1-2H3,(H,18,19);1H. The fourth-order valence-corrected chi connectivity index (χ4v) is 3.32. The maximum absolute atomic E-state index is 12.5. The highest BCUT2D eigenvalue weighted by atomic mass is 35.5. The van der Waals surface area contributed by atoms with Gasteiger partial charge in [-0.05, 0) is 49.9 Å². The molecule has 2 fully saturated rings. The number of piperidine rings is 1. The second kappa shape index (κ2) is 6.75. The zero-order chi connectivity index (χ0) is 14.9. The number of carbonyl (C=O) groups is 1. The van der Waals surface area contributed by atoms with Crippen LogP contribution in [0.25, 0.3) is 0 Å². The van der Waals surface area contributed by atoms with Crippen molar-refractivity contribution in [1.29, 1.82) is 0 Å². The summed E-state index contributed by atoms with van der Waals surface area (Å²) in [4.78, 5) is 12.5. The highest BCUT2D eigenvalue weighted by Crippen LogP contribution is 2.58. The molecule has 1 aliphatic carbocycles. The first-order valence-corrected chi connectivity index (χ1v) is 7.42. The zero-order valence-electron chi connectivity index (χ0n) is 13.0. The van der Waals surface area contributed by atoms with E-state index in [2.05, 4.69) is 10.6 Å². The third kappa shape index (κ3) is 3.15. The number of nitrogens with one attached hydrogen (secondary N) is 2. The molecule has 1 spiro atoms. The summed E-state index contributed by atoms with van der Waals surface area (Å²) in [7, 11) is 3.20. The van der Waals surface area contributed by atoms with Gasteiger partial charge in [-0.1, -0.05) is 0 Å². The van der Waals surface area contributed by atoms with Gasteiger partial charge in [-0.2, -0.15) is 0 Å². The Kier molecular flexibility index (Phi) is 5.19. The van der Waals surface area contributed by atoms with E-state index in [0.29, 0.717) is 17.2 Å². The molecule has 6 heteroatoms. The van der Waals surface area contributed by atoms with Crippen molar-refractivity contribution in [2.75, 3.05) is 32.6 Å². The lowest BCUT2D eigenvalue weighted by Crippen LogP contribution is -2.31. The number of hydrogen-bond donors (Lipinski definition) is 2. The van der Waals surface area contributed by atoms with E-state index >= 15 is 0 Å². The summed E-state index contributed by atoms with van der Waals surface area (Å²) >= 11 is 0. The molecule has 2 aliphatic rings. The average Bonchev–Trinajstić information content (AvgIpc) is 3.21. The molecule has 22 heavy (non-hydrogen) atoms. The topological polar surface area (TPSA) is 59.6 Å². The summed E-state index contributed by atoms with van der Waals surface area (Å²) in [5.41, 5.74) is 0.953. The van der Waals surface area contributed by atoms with Gasteiger partial charge in [0.05, 0.1) is 19.9 Å². The summed E-state index contributed by atoms with van der Waals surface area (Å²) < 4.78 is 10.5.